The Morgan fingerprint density at radius 3 is 2.52 bits per heavy atom. The highest BCUT2D eigenvalue weighted by Crippen LogP contribution is 2.27. The molecule has 0 aliphatic heterocycles. The standard InChI is InChI=1S/C17H22N2OS/c1-11-6-14(8-18-15-4-5-15)7-12(2)17(11)20-9-16-19-13(3)10-21-16/h6-7,10,15,18H,4-5,8-9H2,1-3H3. The molecular formula is C17H22N2OS. The molecule has 0 bridgehead atoms. The van der Waals surface area contributed by atoms with Crippen molar-refractivity contribution in [1.29, 1.82) is 0 Å². The molecule has 1 heterocycles. The zero-order chi connectivity index (χ0) is 14.8. The highest BCUT2D eigenvalue weighted by Gasteiger charge is 2.20. The van der Waals surface area contributed by atoms with Crippen LogP contribution in [0.5, 0.6) is 5.75 Å². The van der Waals surface area contributed by atoms with E-state index in [1.54, 1.807) is 11.3 Å². The summed E-state index contributed by atoms with van der Waals surface area (Å²) in [6, 6.07) is 5.20. The number of aromatic nitrogens is 1. The van der Waals surface area contributed by atoms with Gasteiger partial charge in [-0.3, -0.25) is 0 Å². The molecule has 1 aromatic carbocycles. The van der Waals surface area contributed by atoms with E-state index in [0.717, 1.165) is 29.0 Å². The van der Waals surface area contributed by atoms with Gasteiger partial charge in [0, 0.05) is 23.7 Å². The van der Waals surface area contributed by atoms with Gasteiger partial charge in [-0.2, -0.15) is 0 Å². The van der Waals surface area contributed by atoms with Crippen LogP contribution < -0.4 is 10.1 Å². The third kappa shape index (κ3) is 3.83. The molecule has 112 valence electrons. The third-order valence-corrected chi connectivity index (χ3v) is 4.64. The molecule has 1 aliphatic rings. The summed E-state index contributed by atoms with van der Waals surface area (Å²) in [7, 11) is 0. The van der Waals surface area contributed by atoms with Gasteiger partial charge in [-0.1, -0.05) is 12.1 Å². The molecule has 0 atom stereocenters. The molecule has 0 amide bonds. The van der Waals surface area contributed by atoms with Gasteiger partial charge in [0.1, 0.15) is 17.4 Å². The predicted octanol–water partition coefficient (Wildman–Crippen LogP) is 3.90. The zero-order valence-electron chi connectivity index (χ0n) is 12.9. The van der Waals surface area contributed by atoms with Gasteiger partial charge in [-0.05, 0) is 50.3 Å². The number of thiazole rings is 1. The van der Waals surface area contributed by atoms with Crippen LogP contribution in [0.2, 0.25) is 0 Å². The van der Waals surface area contributed by atoms with Crippen LogP contribution in [0.25, 0.3) is 0 Å². The Labute approximate surface area is 130 Å². The van der Waals surface area contributed by atoms with Gasteiger partial charge in [-0.25, -0.2) is 4.98 Å². The number of ether oxygens (including phenoxy) is 1. The maximum Gasteiger partial charge on any atom is 0.140 e. The SMILES string of the molecule is Cc1csc(COc2c(C)cc(CNC3CC3)cc2C)n1. The average molecular weight is 302 g/mol. The van der Waals surface area contributed by atoms with Crippen LogP contribution in [0, 0.1) is 20.8 Å². The number of benzene rings is 1. The maximum atomic E-state index is 5.99. The smallest absolute Gasteiger partial charge is 0.140 e. The van der Waals surface area contributed by atoms with Crippen molar-refractivity contribution in [3.8, 4) is 5.75 Å². The van der Waals surface area contributed by atoms with E-state index in [4.69, 9.17) is 4.74 Å². The summed E-state index contributed by atoms with van der Waals surface area (Å²) in [4.78, 5) is 4.44. The Hall–Kier alpha value is -1.39. The zero-order valence-corrected chi connectivity index (χ0v) is 13.7. The van der Waals surface area contributed by atoms with E-state index in [1.807, 2.05) is 6.92 Å². The Morgan fingerprint density at radius 1 is 1.24 bits per heavy atom. The lowest BCUT2D eigenvalue weighted by Crippen LogP contribution is -2.15. The van der Waals surface area contributed by atoms with Gasteiger partial charge < -0.3 is 10.1 Å². The van der Waals surface area contributed by atoms with E-state index in [2.05, 4.69) is 41.7 Å². The Bertz CT molecular complexity index is 608. The third-order valence-electron chi connectivity index (χ3n) is 3.70. The van der Waals surface area contributed by atoms with Crippen molar-refractivity contribution >= 4 is 11.3 Å². The van der Waals surface area contributed by atoms with Crippen LogP contribution in [-0.4, -0.2) is 11.0 Å². The minimum Gasteiger partial charge on any atom is -0.486 e. The van der Waals surface area contributed by atoms with E-state index in [1.165, 1.54) is 29.5 Å². The fourth-order valence-electron chi connectivity index (χ4n) is 2.52. The second-order valence-electron chi connectivity index (χ2n) is 5.89. The van der Waals surface area contributed by atoms with Crippen molar-refractivity contribution < 1.29 is 4.74 Å². The first-order valence-corrected chi connectivity index (χ1v) is 8.37. The number of aryl methyl sites for hydroxylation is 3. The summed E-state index contributed by atoms with van der Waals surface area (Å²) < 4.78 is 5.99. The second kappa shape index (κ2) is 6.16. The molecule has 3 rings (SSSR count). The Morgan fingerprint density at radius 2 is 1.95 bits per heavy atom. The molecule has 21 heavy (non-hydrogen) atoms. The highest BCUT2D eigenvalue weighted by atomic mass is 32.1. The maximum absolute atomic E-state index is 5.99. The minimum absolute atomic E-state index is 0.555. The lowest BCUT2D eigenvalue weighted by Gasteiger charge is -2.14. The first-order chi connectivity index (χ1) is 10.1. The van der Waals surface area contributed by atoms with Crippen LogP contribution in [0.3, 0.4) is 0 Å². The summed E-state index contributed by atoms with van der Waals surface area (Å²) in [6.45, 7) is 7.77. The normalized spacial score (nSPS) is 14.4. The molecule has 1 fully saturated rings. The van der Waals surface area contributed by atoms with E-state index in [0.29, 0.717) is 6.61 Å². The number of rotatable bonds is 6. The van der Waals surface area contributed by atoms with Gasteiger partial charge in [-0.15, -0.1) is 11.3 Å². The topological polar surface area (TPSA) is 34.1 Å². The lowest BCUT2D eigenvalue weighted by molar-refractivity contribution is 0.301. The quantitative estimate of drug-likeness (QED) is 0.879. The second-order valence-corrected chi connectivity index (χ2v) is 6.83. The molecule has 0 spiro atoms. The van der Waals surface area contributed by atoms with Crippen molar-refractivity contribution in [2.75, 3.05) is 0 Å². The number of nitrogens with one attached hydrogen (secondary N) is 1. The molecular weight excluding hydrogens is 280 g/mol. The molecule has 1 aliphatic carbocycles. The summed E-state index contributed by atoms with van der Waals surface area (Å²) in [5.74, 6) is 0.998. The van der Waals surface area contributed by atoms with Crippen LogP contribution >= 0.6 is 11.3 Å². The number of hydrogen-bond donors (Lipinski definition) is 1. The van der Waals surface area contributed by atoms with Crippen molar-refractivity contribution in [2.45, 2.75) is 52.8 Å². The molecule has 2 aromatic rings. The van der Waals surface area contributed by atoms with Crippen molar-refractivity contribution in [2.24, 2.45) is 0 Å². The number of hydrogen-bond acceptors (Lipinski definition) is 4. The van der Waals surface area contributed by atoms with Crippen molar-refractivity contribution in [3.05, 3.63) is 44.9 Å². The predicted molar refractivity (Wildman–Crippen MR) is 87.0 cm³/mol. The van der Waals surface area contributed by atoms with Crippen molar-refractivity contribution in [1.82, 2.24) is 10.3 Å². The fraction of sp³-hybridized carbons (Fsp3) is 0.471. The Kier molecular flexibility index (Phi) is 4.27. The molecule has 0 saturated heterocycles. The van der Waals surface area contributed by atoms with E-state index >= 15 is 0 Å². The molecule has 4 heteroatoms. The largest absolute Gasteiger partial charge is 0.486 e. The molecule has 1 N–H and O–H groups in total. The molecule has 0 radical (unpaired) electrons. The van der Waals surface area contributed by atoms with Gasteiger partial charge in [0.2, 0.25) is 0 Å². The van der Waals surface area contributed by atoms with Crippen LogP contribution in [0.4, 0.5) is 0 Å². The van der Waals surface area contributed by atoms with E-state index in [-0.39, 0.29) is 0 Å². The van der Waals surface area contributed by atoms with Crippen LogP contribution in [-0.2, 0) is 13.2 Å². The van der Waals surface area contributed by atoms with Crippen LogP contribution in [0.1, 0.15) is 40.2 Å². The molecule has 3 nitrogen and oxygen atoms in total. The molecule has 1 saturated carbocycles. The first kappa shape index (κ1) is 14.5. The van der Waals surface area contributed by atoms with Gasteiger partial charge in [0.25, 0.3) is 0 Å². The minimum atomic E-state index is 0.555. The first-order valence-electron chi connectivity index (χ1n) is 7.49. The van der Waals surface area contributed by atoms with Crippen molar-refractivity contribution in [3.63, 3.8) is 0 Å². The van der Waals surface area contributed by atoms with Gasteiger partial charge >= 0.3 is 0 Å². The lowest BCUT2D eigenvalue weighted by atomic mass is 10.1. The monoisotopic (exact) mass is 302 g/mol. The summed E-state index contributed by atoms with van der Waals surface area (Å²) >= 11 is 1.66. The van der Waals surface area contributed by atoms with Crippen LogP contribution in [0.15, 0.2) is 17.5 Å². The van der Waals surface area contributed by atoms with E-state index in [9.17, 15) is 0 Å². The summed E-state index contributed by atoms with van der Waals surface area (Å²) in [5, 5.41) is 6.65. The average Bonchev–Trinajstić information content (AvgIpc) is 3.17. The Balaban J connectivity index is 1.66. The van der Waals surface area contributed by atoms with E-state index < -0.39 is 0 Å². The number of nitrogens with zero attached hydrogens (tertiary/aromatic N) is 1. The molecule has 1 aromatic heterocycles. The van der Waals surface area contributed by atoms with Gasteiger partial charge in [0.15, 0.2) is 0 Å². The summed E-state index contributed by atoms with van der Waals surface area (Å²) in [5.41, 5.74) is 4.81. The fourth-order valence-corrected chi connectivity index (χ4v) is 3.21. The highest BCUT2D eigenvalue weighted by molar-refractivity contribution is 7.09. The van der Waals surface area contributed by atoms with Gasteiger partial charge in [0.05, 0.1) is 0 Å². The molecule has 0 unspecified atom stereocenters. The summed E-state index contributed by atoms with van der Waals surface area (Å²) in [6.07, 6.45) is 2.65.